The maximum atomic E-state index is 12.3. The molecule has 7 nitrogen and oxygen atoms in total. The Morgan fingerprint density at radius 3 is 2.08 bits per heavy atom. The molecule has 1 aromatic carbocycles. The fourth-order valence-corrected chi connectivity index (χ4v) is 3.13. The summed E-state index contributed by atoms with van der Waals surface area (Å²) in [5.74, 6) is 0. The summed E-state index contributed by atoms with van der Waals surface area (Å²) in [6.45, 7) is 7.41. The summed E-state index contributed by atoms with van der Waals surface area (Å²) in [4.78, 5) is 27.9. The fraction of sp³-hybridized carbons (Fsp3) is 0.579. The lowest BCUT2D eigenvalue weighted by Crippen LogP contribution is -2.61. The van der Waals surface area contributed by atoms with Crippen molar-refractivity contribution in [3.8, 4) is 0 Å². The van der Waals surface area contributed by atoms with Gasteiger partial charge >= 0.3 is 12.2 Å². The van der Waals surface area contributed by atoms with E-state index < -0.39 is 5.60 Å². The number of carbonyl (C=O) groups is 2. The molecule has 0 aromatic heterocycles. The second-order valence-electron chi connectivity index (χ2n) is 7.71. The molecule has 26 heavy (non-hydrogen) atoms. The van der Waals surface area contributed by atoms with Crippen molar-refractivity contribution >= 4 is 12.2 Å². The Hall–Kier alpha value is -2.28. The number of rotatable bonds is 2. The van der Waals surface area contributed by atoms with E-state index in [2.05, 4.69) is 0 Å². The van der Waals surface area contributed by atoms with Crippen molar-refractivity contribution in [2.45, 2.75) is 45.2 Å². The van der Waals surface area contributed by atoms with Crippen molar-refractivity contribution in [1.82, 2.24) is 9.80 Å². The van der Waals surface area contributed by atoms with Gasteiger partial charge in [-0.3, -0.25) is 0 Å². The SMILES string of the molecule is CC(C)(C)OC(=O)N1CC2CN(C(=O)OCc3ccccc3)CC(C1)O2. The van der Waals surface area contributed by atoms with Gasteiger partial charge in [0.05, 0.1) is 38.4 Å². The number of fused-ring (bicyclic) bond motifs is 2. The number of hydrogen-bond donors (Lipinski definition) is 0. The van der Waals surface area contributed by atoms with Gasteiger partial charge in [-0.25, -0.2) is 9.59 Å². The molecule has 2 fully saturated rings. The molecule has 0 spiro atoms. The van der Waals surface area contributed by atoms with Crippen molar-refractivity contribution in [3.63, 3.8) is 0 Å². The quantitative estimate of drug-likeness (QED) is 0.809. The van der Waals surface area contributed by atoms with Crippen molar-refractivity contribution in [1.29, 1.82) is 0 Å². The van der Waals surface area contributed by atoms with Crippen LogP contribution in [0.2, 0.25) is 0 Å². The van der Waals surface area contributed by atoms with E-state index in [0.717, 1.165) is 5.56 Å². The highest BCUT2D eigenvalue weighted by Gasteiger charge is 2.39. The number of amides is 2. The number of benzene rings is 1. The van der Waals surface area contributed by atoms with Crippen LogP contribution < -0.4 is 0 Å². The Bertz CT molecular complexity index is 629. The molecule has 2 heterocycles. The normalized spacial score (nSPS) is 22.7. The zero-order valence-corrected chi connectivity index (χ0v) is 15.5. The minimum atomic E-state index is -0.530. The van der Waals surface area contributed by atoms with Crippen LogP contribution in [-0.4, -0.2) is 66.0 Å². The summed E-state index contributed by atoms with van der Waals surface area (Å²) in [6.07, 6.45) is -1.13. The molecule has 3 rings (SSSR count). The zero-order valence-electron chi connectivity index (χ0n) is 15.5. The van der Waals surface area contributed by atoms with Crippen LogP contribution in [0.5, 0.6) is 0 Å². The van der Waals surface area contributed by atoms with E-state index in [4.69, 9.17) is 14.2 Å². The second kappa shape index (κ2) is 7.53. The first-order valence-electron chi connectivity index (χ1n) is 8.89. The summed E-state index contributed by atoms with van der Waals surface area (Å²) in [5, 5.41) is 0. The monoisotopic (exact) mass is 362 g/mol. The summed E-state index contributed by atoms with van der Waals surface area (Å²) >= 11 is 0. The maximum absolute atomic E-state index is 12.3. The summed E-state index contributed by atoms with van der Waals surface area (Å²) in [6, 6.07) is 9.58. The lowest BCUT2D eigenvalue weighted by molar-refractivity contribution is -0.131. The van der Waals surface area contributed by atoms with Crippen molar-refractivity contribution in [3.05, 3.63) is 35.9 Å². The highest BCUT2D eigenvalue weighted by atomic mass is 16.6. The summed E-state index contributed by atoms with van der Waals surface area (Å²) in [7, 11) is 0. The third-order valence-electron chi connectivity index (χ3n) is 4.20. The van der Waals surface area contributed by atoms with Crippen molar-refractivity contribution in [2.75, 3.05) is 26.2 Å². The Morgan fingerprint density at radius 2 is 1.54 bits per heavy atom. The Kier molecular flexibility index (Phi) is 5.36. The zero-order chi connectivity index (χ0) is 18.7. The van der Waals surface area contributed by atoms with Gasteiger partial charge in [0.2, 0.25) is 0 Å². The Morgan fingerprint density at radius 1 is 1.00 bits per heavy atom. The van der Waals surface area contributed by atoms with Crippen molar-refractivity contribution in [2.24, 2.45) is 0 Å². The first-order chi connectivity index (χ1) is 12.3. The maximum Gasteiger partial charge on any atom is 0.410 e. The van der Waals surface area contributed by atoms with Gasteiger partial charge in [-0.2, -0.15) is 0 Å². The molecular weight excluding hydrogens is 336 g/mol. The molecule has 2 amide bonds. The largest absolute Gasteiger partial charge is 0.445 e. The van der Waals surface area contributed by atoms with E-state index in [-0.39, 0.29) is 31.0 Å². The van der Waals surface area contributed by atoms with Crippen LogP contribution in [0.3, 0.4) is 0 Å². The van der Waals surface area contributed by atoms with Gasteiger partial charge in [-0.15, -0.1) is 0 Å². The molecule has 2 saturated heterocycles. The highest BCUT2D eigenvalue weighted by molar-refractivity contribution is 5.69. The summed E-state index contributed by atoms with van der Waals surface area (Å²) in [5.41, 5.74) is 0.419. The van der Waals surface area contributed by atoms with Crippen LogP contribution in [0.15, 0.2) is 30.3 Å². The van der Waals surface area contributed by atoms with Crippen LogP contribution in [0.1, 0.15) is 26.3 Å². The molecule has 2 aliphatic rings. The van der Waals surface area contributed by atoms with Gasteiger partial charge in [0.15, 0.2) is 0 Å². The minimum Gasteiger partial charge on any atom is -0.445 e. The van der Waals surface area contributed by atoms with Crippen LogP contribution in [0.25, 0.3) is 0 Å². The van der Waals surface area contributed by atoms with Crippen LogP contribution in [0, 0.1) is 0 Å². The van der Waals surface area contributed by atoms with Gasteiger partial charge in [-0.1, -0.05) is 30.3 Å². The molecule has 0 aliphatic carbocycles. The minimum absolute atomic E-state index is 0.223. The second-order valence-corrected chi connectivity index (χ2v) is 7.71. The molecule has 1 aromatic rings. The predicted octanol–water partition coefficient (Wildman–Crippen LogP) is 2.64. The van der Waals surface area contributed by atoms with Gasteiger partial charge in [0, 0.05) is 0 Å². The Balaban J connectivity index is 1.51. The van der Waals surface area contributed by atoms with Gasteiger partial charge in [0.25, 0.3) is 0 Å². The van der Waals surface area contributed by atoms with E-state index in [1.54, 1.807) is 9.80 Å². The lowest BCUT2D eigenvalue weighted by Gasteiger charge is -2.45. The topological polar surface area (TPSA) is 68.3 Å². The number of ether oxygens (including phenoxy) is 3. The van der Waals surface area contributed by atoms with E-state index in [9.17, 15) is 9.59 Å². The van der Waals surface area contributed by atoms with Crippen molar-refractivity contribution < 1.29 is 23.8 Å². The van der Waals surface area contributed by atoms with Gasteiger partial charge in [-0.05, 0) is 26.3 Å². The highest BCUT2D eigenvalue weighted by Crippen LogP contribution is 2.22. The average molecular weight is 362 g/mol. The third kappa shape index (κ3) is 4.88. The summed E-state index contributed by atoms with van der Waals surface area (Å²) < 4.78 is 16.7. The number of nitrogens with zero attached hydrogens (tertiary/aromatic N) is 2. The molecule has 0 radical (unpaired) electrons. The van der Waals surface area contributed by atoms with E-state index >= 15 is 0 Å². The van der Waals surface area contributed by atoms with Gasteiger partial charge in [0.1, 0.15) is 12.2 Å². The molecule has 2 bridgehead atoms. The first-order valence-corrected chi connectivity index (χ1v) is 8.89. The molecule has 2 aliphatic heterocycles. The number of morpholine rings is 2. The Labute approximate surface area is 153 Å². The number of hydrogen-bond acceptors (Lipinski definition) is 5. The molecular formula is C19H26N2O5. The molecule has 7 heteroatoms. The molecule has 2 unspecified atom stereocenters. The van der Waals surface area contributed by atoms with Crippen LogP contribution in [0.4, 0.5) is 9.59 Å². The molecule has 0 saturated carbocycles. The molecule has 142 valence electrons. The fourth-order valence-electron chi connectivity index (χ4n) is 3.13. The lowest BCUT2D eigenvalue weighted by atomic mass is 10.1. The van der Waals surface area contributed by atoms with E-state index in [1.165, 1.54) is 0 Å². The third-order valence-corrected chi connectivity index (χ3v) is 4.20. The molecule has 2 atom stereocenters. The molecule has 0 N–H and O–H groups in total. The average Bonchev–Trinajstić information content (AvgIpc) is 2.58. The van der Waals surface area contributed by atoms with E-state index in [0.29, 0.717) is 26.2 Å². The van der Waals surface area contributed by atoms with Gasteiger partial charge < -0.3 is 24.0 Å². The smallest absolute Gasteiger partial charge is 0.410 e. The first kappa shape index (κ1) is 18.5. The number of carbonyl (C=O) groups excluding carboxylic acids is 2. The van der Waals surface area contributed by atoms with E-state index in [1.807, 2.05) is 51.1 Å². The van der Waals surface area contributed by atoms with Crippen LogP contribution >= 0.6 is 0 Å². The predicted molar refractivity (Wildman–Crippen MR) is 94.7 cm³/mol. The standard InChI is InChI=1S/C19H26N2O5/c1-19(2,3)26-18(23)21-11-15-9-20(10-16(12-21)25-15)17(22)24-13-14-7-5-4-6-8-14/h4-8,15-16H,9-13H2,1-3H3. The van der Waals surface area contributed by atoms with Crippen LogP contribution in [-0.2, 0) is 20.8 Å².